The van der Waals surface area contributed by atoms with Gasteiger partial charge in [0.25, 0.3) is 0 Å². The molecule has 5 aliphatic carbocycles. The van der Waals surface area contributed by atoms with Crippen LogP contribution >= 0.6 is 0 Å². The molecule has 0 aliphatic heterocycles. The van der Waals surface area contributed by atoms with Crippen LogP contribution in [0, 0.1) is 68.0 Å². The lowest BCUT2D eigenvalue weighted by Crippen LogP contribution is -2.64. The van der Waals surface area contributed by atoms with E-state index >= 15 is 0 Å². The highest BCUT2D eigenvalue weighted by Crippen LogP contribution is 2.75. The minimum atomic E-state index is -0.527. The van der Waals surface area contributed by atoms with Gasteiger partial charge < -0.3 is 4.74 Å². The van der Waals surface area contributed by atoms with E-state index in [2.05, 4.69) is 66.7 Å². The van der Waals surface area contributed by atoms with Crippen molar-refractivity contribution in [2.75, 3.05) is 7.11 Å². The Morgan fingerprint density at radius 2 is 1.72 bits per heavy atom. The number of methoxy groups -OCH3 is 1. The summed E-state index contributed by atoms with van der Waals surface area (Å²) in [6, 6.07) is 2.26. The molecule has 0 aromatic rings. The largest absolute Gasteiger partial charge is 0.469 e. The van der Waals surface area contributed by atoms with Crippen molar-refractivity contribution in [3.8, 4) is 6.07 Å². The zero-order valence-corrected chi connectivity index (χ0v) is 23.7. The van der Waals surface area contributed by atoms with Crippen molar-refractivity contribution in [1.29, 1.82) is 5.26 Å². The Hall–Kier alpha value is -1.89. The second-order valence-electron chi connectivity index (χ2n) is 14.4. The van der Waals surface area contributed by atoms with E-state index < -0.39 is 10.8 Å². The highest BCUT2D eigenvalue weighted by Gasteiger charge is 2.69. The first-order valence-electron chi connectivity index (χ1n) is 14.2. The second kappa shape index (κ2) is 7.81. The molecular weight excluding hydrogens is 446 g/mol. The maximum Gasteiger partial charge on any atom is 0.312 e. The van der Waals surface area contributed by atoms with E-state index in [1.165, 1.54) is 5.57 Å². The number of esters is 1. The lowest BCUT2D eigenvalue weighted by molar-refractivity contribution is -0.179. The van der Waals surface area contributed by atoms with E-state index in [1.54, 1.807) is 7.11 Å². The molecule has 0 saturated heterocycles. The van der Waals surface area contributed by atoms with Gasteiger partial charge >= 0.3 is 5.97 Å². The summed E-state index contributed by atoms with van der Waals surface area (Å²) in [6.45, 7) is 16.2. The summed E-state index contributed by atoms with van der Waals surface area (Å²) in [4.78, 5) is 26.6. The molecule has 3 saturated carbocycles. The lowest BCUT2D eigenvalue weighted by Gasteiger charge is -2.70. The molecule has 0 bridgehead atoms. The van der Waals surface area contributed by atoms with Crippen LogP contribution in [0.5, 0.6) is 0 Å². The molecule has 9 atom stereocenters. The number of hydrogen-bond acceptors (Lipinski definition) is 4. The van der Waals surface area contributed by atoms with Gasteiger partial charge in [0.15, 0.2) is 5.78 Å². The molecule has 196 valence electrons. The van der Waals surface area contributed by atoms with Crippen LogP contribution < -0.4 is 0 Å². The van der Waals surface area contributed by atoms with E-state index in [4.69, 9.17) is 4.74 Å². The second-order valence-corrected chi connectivity index (χ2v) is 14.4. The number of nitrogens with zero attached hydrogens (tertiary/aromatic N) is 1. The molecule has 4 heteroatoms. The molecule has 3 fully saturated rings. The fourth-order valence-corrected chi connectivity index (χ4v) is 10.6. The number of fused-ring (bicyclic) bond motifs is 7. The maximum absolute atomic E-state index is 13.4. The molecular formula is C32H45NO3. The van der Waals surface area contributed by atoms with E-state index in [0.717, 1.165) is 44.9 Å². The third-order valence-corrected chi connectivity index (χ3v) is 13.0. The van der Waals surface area contributed by atoms with Gasteiger partial charge in [-0.25, -0.2) is 0 Å². The van der Waals surface area contributed by atoms with Gasteiger partial charge in [-0.15, -0.1) is 0 Å². The third-order valence-electron chi connectivity index (χ3n) is 13.0. The van der Waals surface area contributed by atoms with Crippen LogP contribution in [0.4, 0.5) is 0 Å². The first-order valence-corrected chi connectivity index (χ1v) is 14.2. The average Bonchev–Trinajstić information content (AvgIpc) is 2.83. The van der Waals surface area contributed by atoms with Gasteiger partial charge in [-0.1, -0.05) is 66.2 Å². The van der Waals surface area contributed by atoms with Gasteiger partial charge in [-0.2, -0.15) is 5.26 Å². The topological polar surface area (TPSA) is 67.2 Å². The van der Waals surface area contributed by atoms with Crippen LogP contribution in [0.25, 0.3) is 0 Å². The number of ether oxygens (including phenoxy) is 1. The van der Waals surface area contributed by atoms with E-state index in [0.29, 0.717) is 23.3 Å². The number of carbonyl (C=O) groups excluding carboxylic acids is 2. The molecule has 0 aromatic carbocycles. The minimum absolute atomic E-state index is 0.00807. The summed E-state index contributed by atoms with van der Waals surface area (Å²) in [7, 11) is 1.56. The molecule has 5 rings (SSSR count). The minimum Gasteiger partial charge on any atom is -0.469 e. The summed E-state index contributed by atoms with van der Waals surface area (Å²) in [5, 5.41) is 9.89. The zero-order chi connectivity index (χ0) is 26.5. The van der Waals surface area contributed by atoms with Gasteiger partial charge in [0.05, 0.1) is 18.1 Å². The Morgan fingerprint density at radius 3 is 2.36 bits per heavy atom. The number of rotatable bonds is 1. The molecule has 0 aromatic heterocycles. The SMILES string of the molecule is COC(=O)[C@]12CC[C@@H](C)[C@H](C)C1C1=CCC3[C@@]4(C)C=C(C#N)C(=O)C(C)(C)C4CC[C@@]3(C)[C@]1(C)CC2. The van der Waals surface area contributed by atoms with E-state index in [-0.39, 0.29) is 39.8 Å². The van der Waals surface area contributed by atoms with E-state index in [1.807, 2.05) is 0 Å². The first-order chi connectivity index (χ1) is 16.7. The monoisotopic (exact) mass is 491 g/mol. The molecule has 0 radical (unpaired) electrons. The molecule has 3 unspecified atom stereocenters. The Labute approximate surface area is 217 Å². The number of nitriles is 1. The molecule has 5 aliphatic rings. The quantitative estimate of drug-likeness (QED) is 0.291. The zero-order valence-electron chi connectivity index (χ0n) is 23.7. The number of Topliss-reactive ketones (excluding diaryl/α,β-unsaturated/α-hetero) is 1. The Morgan fingerprint density at radius 1 is 1.03 bits per heavy atom. The molecule has 0 spiro atoms. The van der Waals surface area contributed by atoms with Gasteiger partial charge in [-0.3, -0.25) is 9.59 Å². The molecule has 36 heavy (non-hydrogen) atoms. The first kappa shape index (κ1) is 25.7. The standard InChI is InChI=1S/C32H45NO3/c1-19-11-14-32(27(35)36-8)16-15-30(6)22(25(32)20(19)2)9-10-24-29(5)17-21(18-33)26(34)28(3,4)23(29)12-13-31(24,30)7/h9,17,19-20,23-25H,10-16H2,1-8H3/t19-,20+,23?,24?,25?,29+,30-,31-,32+/m1/s1. The Kier molecular flexibility index (Phi) is 5.59. The number of allylic oxidation sites excluding steroid dienone is 4. The summed E-state index contributed by atoms with van der Waals surface area (Å²) in [5.74, 6) is 1.84. The normalized spacial score (nSPS) is 49.2. The van der Waals surface area contributed by atoms with Crippen LogP contribution in [0.15, 0.2) is 23.3 Å². The molecule has 4 nitrogen and oxygen atoms in total. The van der Waals surface area contributed by atoms with Crippen molar-refractivity contribution in [1.82, 2.24) is 0 Å². The third kappa shape index (κ3) is 2.87. The molecule has 0 heterocycles. The van der Waals surface area contributed by atoms with Gasteiger partial charge in [0, 0.05) is 5.41 Å². The highest BCUT2D eigenvalue weighted by atomic mass is 16.5. The van der Waals surface area contributed by atoms with Crippen LogP contribution in [0.3, 0.4) is 0 Å². The van der Waals surface area contributed by atoms with Crippen molar-refractivity contribution >= 4 is 11.8 Å². The van der Waals surface area contributed by atoms with Crippen molar-refractivity contribution in [2.24, 2.45) is 56.7 Å². The van der Waals surface area contributed by atoms with Crippen LogP contribution in [0.2, 0.25) is 0 Å². The fraction of sp³-hybridized carbons (Fsp3) is 0.781. The highest BCUT2D eigenvalue weighted by molar-refractivity contribution is 6.04. The van der Waals surface area contributed by atoms with Crippen molar-refractivity contribution in [2.45, 2.75) is 93.4 Å². The smallest absolute Gasteiger partial charge is 0.312 e. The Bertz CT molecular complexity index is 1110. The van der Waals surface area contributed by atoms with Crippen LogP contribution in [-0.4, -0.2) is 18.9 Å². The number of ketones is 1. The molecule has 0 N–H and O–H groups in total. The maximum atomic E-state index is 13.4. The summed E-state index contributed by atoms with van der Waals surface area (Å²) < 4.78 is 5.49. The summed E-state index contributed by atoms with van der Waals surface area (Å²) >= 11 is 0. The van der Waals surface area contributed by atoms with Crippen molar-refractivity contribution in [3.63, 3.8) is 0 Å². The van der Waals surface area contributed by atoms with Gasteiger partial charge in [0.2, 0.25) is 0 Å². The van der Waals surface area contributed by atoms with Gasteiger partial charge in [0.1, 0.15) is 6.07 Å². The summed E-state index contributed by atoms with van der Waals surface area (Å²) in [5.41, 5.74) is 0.760. The lowest BCUT2D eigenvalue weighted by atomic mass is 9.34. The fourth-order valence-electron chi connectivity index (χ4n) is 10.6. The van der Waals surface area contributed by atoms with Crippen LogP contribution in [0.1, 0.15) is 93.4 Å². The van der Waals surface area contributed by atoms with E-state index in [9.17, 15) is 14.9 Å². The predicted octanol–water partition coefficient (Wildman–Crippen LogP) is 7.06. The average molecular weight is 492 g/mol. The number of hydrogen-bond donors (Lipinski definition) is 0. The number of carbonyl (C=O) groups is 2. The van der Waals surface area contributed by atoms with Gasteiger partial charge in [-0.05, 0) is 90.8 Å². The van der Waals surface area contributed by atoms with Crippen molar-refractivity contribution in [3.05, 3.63) is 23.3 Å². The van der Waals surface area contributed by atoms with Crippen LogP contribution in [-0.2, 0) is 14.3 Å². The Balaban J connectivity index is 1.67. The predicted molar refractivity (Wildman–Crippen MR) is 140 cm³/mol. The molecule has 0 amide bonds. The van der Waals surface area contributed by atoms with Crippen molar-refractivity contribution < 1.29 is 14.3 Å². The summed E-state index contributed by atoms with van der Waals surface area (Å²) in [6.07, 6.45) is 11.5.